The summed E-state index contributed by atoms with van der Waals surface area (Å²) < 4.78 is 0. The van der Waals surface area contributed by atoms with Crippen LogP contribution in [-0.2, 0) is 20.4 Å². The van der Waals surface area contributed by atoms with Crippen LogP contribution < -0.4 is 0 Å². The van der Waals surface area contributed by atoms with E-state index in [9.17, 15) is 0 Å². The predicted octanol–water partition coefficient (Wildman–Crippen LogP) is 1.77. The molecule has 11 heavy (non-hydrogen) atoms. The normalized spacial score (nSPS) is 21.8. The van der Waals surface area contributed by atoms with E-state index in [0.29, 0.717) is 0 Å². The molecule has 0 amide bonds. The van der Waals surface area contributed by atoms with E-state index in [1.54, 1.807) is 0 Å². The van der Waals surface area contributed by atoms with Crippen LogP contribution in [0.25, 0.3) is 0 Å². The van der Waals surface area contributed by atoms with Gasteiger partial charge in [-0.2, -0.15) is 0 Å². The molecule has 0 aliphatic heterocycles. The van der Waals surface area contributed by atoms with Gasteiger partial charge in [-0.3, -0.25) is 0 Å². The van der Waals surface area contributed by atoms with E-state index in [4.69, 9.17) is 0 Å². The average Bonchev–Trinajstić information content (AvgIpc) is 2.67. The van der Waals surface area contributed by atoms with Crippen molar-refractivity contribution in [1.82, 2.24) is 0 Å². The van der Waals surface area contributed by atoms with Crippen LogP contribution in [0.15, 0.2) is 0 Å². The van der Waals surface area contributed by atoms with Gasteiger partial charge in [0.25, 0.3) is 0 Å². The minimum absolute atomic E-state index is 0. The first-order chi connectivity index (χ1) is 5.00. The molecule has 0 nitrogen and oxygen atoms in total. The summed E-state index contributed by atoms with van der Waals surface area (Å²) in [6, 6.07) is 0. The van der Waals surface area contributed by atoms with Gasteiger partial charge in [-0.1, -0.05) is 0 Å². The molecule has 1 heteroatoms. The van der Waals surface area contributed by atoms with E-state index in [1.807, 2.05) is 64.2 Å². The zero-order valence-electron chi connectivity index (χ0n) is 6.18. The van der Waals surface area contributed by atoms with Gasteiger partial charge in [-0.05, 0) is 64.2 Å². The Morgan fingerprint density at radius 3 is 0.455 bits per heavy atom. The monoisotopic (exact) mass is 318 g/mol. The Hall–Kier alpha value is 0.662. The summed E-state index contributed by atoms with van der Waals surface area (Å²) in [6.45, 7) is 0. The second-order valence-electron chi connectivity index (χ2n) is 1.92. The van der Waals surface area contributed by atoms with Crippen molar-refractivity contribution in [3.63, 3.8) is 0 Å². The summed E-state index contributed by atoms with van der Waals surface area (Å²) >= 11 is 0. The fourth-order valence-electron chi connectivity index (χ4n) is 0.642. The SMILES string of the molecule is [CH]1[CH][CH][CH][CH]1.[CH]1[CH][CH][CH][CH]1.[ReH]. The summed E-state index contributed by atoms with van der Waals surface area (Å²) in [6.07, 6.45) is 20.0. The van der Waals surface area contributed by atoms with Crippen molar-refractivity contribution in [2.24, 2.45) is 0 Å². The summed E-state index contributed by atoms with van der Waals surface area (Å²) in [5, 5.41) is 0. The van der Waals surface area contributed by atoms with Gasteiger partial charge in [-0.25, -0.2) is 0 Å². The molecular formula is C10H11Re. The van der Waals surface area contributed by atoms with Crippen LogP contribution >= 0.6 is 0 Å². The van der Waals surface area contributed by atoms with Crippen molar-refractivity contribution < 1.29 is 20.4 Å². The summed E-state index contributed by atoms with van der Waals surface area (Å²) in [5.41, 5.74) is 0. The Balaban J connectivity index is 0.000000167. The van der Waals surface area contributed by atoms with E-state index in [0.717, 1.165) is 0 Å². The van der Waals surface area contributed by atoms with Crippen molar-refractivity contribution in [3.8, 4) is 0 Å². The molecule has 0 N–H and O–H groups in total. The molecule has 11 radical (unpaired) electrons. The van der Waals surface area contributed by atoms with Gasteiger partial charge in [0.2, 0.25) is 0 Å². The molecule has 0 aromatic heterocycles. The van der Waals surface area contributed by atoms with Crippen LogP contribution in [0, 0.1) is 64.2 Å². The minimum atomic E-state index is 0. The molecule has 2 aliphatic carbocycles. The quantitative estimate of drug-likeness (QED) is 0.639. The summed E-state index contributed by atoms with van der Waals surface area (Å²) in [7, 11) is 0. The van der Waals surface area contributed by atoms with Crippen LogP contribution in [0.2, 0.25) is 0 Å². The number of hydrogen-bond donors (Lipinski definition) is 0. The molecule has 2 rings (SSSR count). The van der Waals surface area contributed by atoms with E-state index in [1.165, 1.54) is 0 Å². The second kappa shape index (κ2) is 8.76. The molecule has 0 bridgehead atoms. The molecule has 0 heterocycles. The fourth-order valence-corrected chi connectivity index (χ4v) is 0.642. The van der Waals surface area contributed by atoms with E-state index < -0.39 is 0 Å². The molecule has 2 fully saturated rings. The maximum absolute atomic E-state index is 2.00. The standard InChI is InChI=1S/2C5H5.Re.H/c2*1-2-4-5-3-1;;/h2*1-5H;;. The first-order valence-electron chi connectivity index (χ1n) is 3.33. The van der Waals surface area contributed by atoms with Crippen LogP contribution in [0.3, 0.4) is 0 Å². The van der Waals surface area contributed by atoms with Crippen molar-refractivity contribution >= 4 is 0 Å². The van der Waals surface area contributed by atoms with Crippen LogP contribution in [0.4, 0.5) is 0 Å². The van der Waals surface area contributed by atoms with Crippen LogP contribution in [0.1, 0.15) is 0 Å². The predicted molar refractivity (Wildman–Crippen MR) is 44.4 cm³/mol. The molecular weight excluding hydrogens is 306 g/mol. The third kappa shape index (κ3) is 7.04. The first-order valence-corrected chi connectivity index (χ1v) is 3.33. The molecule has 58 valence electrons. The fraction of sp³-hybridized carbons (Fsp3) is 0. The van der Waals surface area contributed by atoms with Gasteiger partial charge in [-0.15, -0.1) is 0 Å². The van der Waals surface area contributed by atoms with Gasteiger partial charge in [0, 0.05) is 0 Å². The van der Waals surface area contributed by atoms with Gasteiger partial charge < -0.3 is 0 Å². The first kappa shape index (κ1) is 11.7. The second-order valence-corrected chi connectivity index (χ2v) is 1.92. The molecule has 0 aromatic rings. The van der Waals surface area contributed by atoms with E-state index in [-0.39, 0.29) is 20.4 Å². The van der Waals surface area contributed by atoms with Gasteiger partial charge >= 0.3 is 20.4 Å². The van der Waals surface area contributed by atoms with Crippen molar-refractivity contribution in [2.75, 3.05) is 0 Å². The van der Waals surface area contributed by atoms with Crippen molar-refractivity contribution in [1.29, 1.82) is 0 Å². The van der Waals surface area contributed by atoms with E-state index >= 15 is 0 Å². The zero-order chi connectivity index (χ0) is 7.07. The topological polar surface area (TPSA) is 0 Å². The Morgan fingerprint density at radius 1 is 0.273 bits per heavy atom. The maximum atomic E-state index is 2.00. The number of rotatable bonds is 0. The van der Waals surface area contributed by atoms with Crippen molar-refractivity contribution in [2.45, 2.75) is 0 Å². The average molecular weight is 317 g/mol. The summed E-state index contributed by atoms with van der Waals surface area (Å²) in [5.74, 6) is 0. The zero-order valence-corrected chi connectivity index (χ0v) is 9.12. The third-order valence-corrected chi connectivity index (χ3v) is 1.11. The molecule has 0 saturated heterocycles. The Morgan fingerprint density at radius 2 is 0.364 bits per heavy atom. The molecule has 0 atom stereocenters. The third-order valence-electron chi connectivity index (χ3n) is 1.11. The molecule has 0 unspecified atom stereocenters. The van der Waals surface area contributed by atoms with Crippen LogP contribution in [-0.4, -0.2) is 0 Å². The Bertz CT molecular complexity index is 38.1. The van der Waals surface area contributed by atoms with Crippen LogP contribution in [0.5, 0.6) is 0 Å². The molecule has 2 saturated carbocycles. The Labute approximate surface area is 84.8 Å². The van der Waals surface area contributed by atoms with Gasteiger partial charge in [0.1, 0.15) is 0 Å². The van der Waals surface area contributed by atoms with E-state index in [2.05, 4.69) is 0 Å². The summed E-state index contributed by atoms with van der Waals surface area (Å²) in [4.78, 5) is 0. The molecule has 0 spiro atoms. The molecule has 2 aliphatic rings. The van der Waals surface area contributed by atoms with Gasteiger partial charge in [0.05, 0.1) is 0 Å². The molecule has 0 aromatic carbocycles. The van der Waals surface area contributed by atoms with Crippen molar-refractivity contribution in [3.05, 3.63) is 64.2 Å². The Kier molecular flexibility index (Phi) is 9.28. The number of hydrogen-bond acceptors (Lipinski definition) is 0. The van der Waals surface area contributed by atoms with Gasteiger partial charge in [0.15, 0.2) is 0 Å².